The summed E-state index contributed by atoms with van der Waals surface area (Å²) >= 11 is 0. The molecule has 0 bridgehead atoms. The number of methoxy groups -OCH3 is 1. The zero-order chi connectivity index (χ0) is 23.4. The topological polar surface area (TPSA) is 84.5 Å². The van der Waals surface area contributed by atoms with Crippen molar-refractivity contribution in [3.63, 3.8) is 0 Å². The van der Waals surface area contributed by atoms with Crippen molar-refractivity contribution in [1.82, 2.24) is 15.1 Å². The lowest BCUT2D eigenvalue weighted by atomic mass is 9.89. The molecule has 0 saturated carbocycles. The summed E-state index contributed by atoms with van der Waals surface area (Å²) in [4.78, 5) is 27.5. The predicted molar refractivity (Wildman–Crippen MR) is 126 cm³/mol. The molecule has 3 aromatic rings. The van der Waals surface area contributed by atoms with Crippen LogP contribution in [0.3, 0.4) is 0 Å². The smallest absolute Gasteiger partial charge is 0.253 e. The molecule has 0 fully saturated rings. The number of nitrogens with one attached hydrogen (secondary N) is 1. The third-order valence-electron chi connectivity index (χ3n) is 6.06. The van der Waals surface area contributed by atoms with Gasteiger partial charge in [-0.2, -0.15) is 5.10 Å². The SMILES string of the molecule is CCCN(C)C(=O)c1ccc2c(c1)CC(C(=O)Cc1ccc(-c3cn[nH]c3)cc1OC)CO2. The van der Waals surface area contributed by atoms with Crippen molar-refractivity contribution in [2.75, 3.05) is 27.3 Å². The number of carbonyl (C=O) groups excluding carboxylic acids is 2. The molecule has 0 spiro atoms. The van der Waals surface area contributed by atoms with E-state index in [0.717, 1.165) is 34.4 Å². The van der Waals surface area contributed by atoms with Gasteiger partial charge in [0.05, 0.1) is 25.8 Å². The van der Waals surface area contributed by atoms with Gasteiger partial charge in [-0.1, -0.05) is 19.1 Å². The maximum absolute atomic E-state index is 13.1. The molecular weight excluding hydrogens is 418 g/mol. The van der Waals surface area contributed by atoms with E-state index in [1.165, 1.54) is 0 Å². The van der Waals surface area contributed by atoms with Crippen molar-refractivity contribution >= 4 is 11.7 Å². The fourth-order valence-corrected chi connectivity index (χ4v) is 4.20. The summed E-state index contributed by atoms with van der Waals surface area (Å²) in [7, 11) is 3.41. The van der Waals surface area contributed by atoms with Crippen LogP contribution < -0.4 is 9.47 Å². The monoisotopic (exact) mass is 447 g/mol. The number of amides is 1. The molecule has 1 atom stereocenters. The number of nitrogens with zero attached hydrogens (tertiary/aromatic N) is 2. The second kappa shape index (κ2) is 9.90. The Morgan fingerprint density at radius 3 is 2.79 bits per heavy atom. The first-order valence-electron chi connectivity index (χ1n) is 11.2. The van der Waals surface area contributed by atoms with Crippen LogP contribution in [0.25, 0.3) is 11.1 Å². The Balaban J connectivity index is 1.48. The van der Waals surface area contributed by atoms with Crippen LogP contribution in [0.1, 0.15) is 34.8 Å². The van der Waals surface area contributed by atoms with Gasteiger partial charge < -0.3 is 14.4 Å². The van der Waals surface area contributed by atoms with Crippen LogP contribution in [-0.2, 0) is 17.6 Å². The highest BCUT2D eigenvalue weighted by Crippen LogP contribution is 2.31. The number of hydrogen-bond acceptors (Lipinski definition) is 5. The van der Waals surface area contributed by atoms with E-state index in [2.05, 4.69) is 10.2 Å². The van der Waals surface area contributed by atoms with Gasteiger partial charge in [0, 0.05) is 42.9 Å². The Hall–Kier alpha value is -3.61. The van der Waals surface area contributed by atoms with Crippen molar-refractivity contribution in [3.8, 4) is 22.6 Å². The molecule has 2 aromatic carbocycles. The van der Waals surface area contributed by atoms with E-state index in [1.807, 2.05) is 43.5 Å². The van der Waals surface area contributed by atoms with Crippen molar-refractivity contribution in [1.29, 1.82) is 0 Å². The molecule has 2 heterocycles. The minimum Gasteiger partial charge on any atom is -0.496 e. The Bertz CT molecular complexity index is 1140. The lowest BCUT2D eigenvalue weighted by Crippen LogP contribution is -2.30. The third kappa shape index (κ3) is 4.92. The largest absolute Gasteiger partial charge is 0.496 e. The quantitative estimate of drug-likeness (QED) is 0.566. The molecule has 4 rings (SSSR count). The summed E-state index contributed by atoms with van der Waals surface area (Å²) in [6.45, 7) is 3.08. The highest BCUT2D eigenvalue weighted by atomic mass is 16.5. The molecule has 1 unspecified atom stereocenters. The van der Waals surface area contributed by atoms with Crippen LogP contribution in [-0.4, -0.2) is 54.1 Å². The first kappa shape index (κ1) is 22.6. The molecule has 0 radical (unpaired) electrons. The number of aromatic amines is 1. The summed E-state index contributed by atoms with van der Waals surface area (Å²) < 4.78 is 11.4. The lowest BCUT2D eigenvalue weighted by molar-refractivity contribution is -0.123. The molecule has 7 heteroatoms. The first-order chi connectivity index (χ1) is 16.0. The number of aromatic nitrogens is 2. The standard InChI is InChI=1S/C26H29N3O4/c1-4-9-29(2)26(31)19-7-8-24-20(10-19)11-21(16-33-24)23(30)12-18-6-5-17(13-25(18)32-3)22-14-27-28-15-22/h5-8,10,13-15,21H,4,9,11-12,16H2,1-3H3,(H,27,28). The number of hydrogen-bond donors (Lipinski definition) is 1. The first-order valence-corrected chi connectivity index (χ1v) is 11.2. The molecule has 33 heavy (non-hydrogen) atoms. The molecule has 0 saturated heterocycles. The maximum Gasteiger partial charge on any atom is 0.253 e. The van der Waals surface area contributed by atoms with E-state index in [-0.39, 0.29) is 24.0 Å². The molecule has 7 nitrogen and oxygen atoms in total. The van der Waals surface area contributed by atoms with Gasteiger partial charge in [-0.05, 0) is 48.2 Å². The van der Waals surface area contributed by atoms with E-state index in [1.54, 1.807) is 31.3 Å². The van der Waals surface area contributed by atoms with Gasteiger partial charge in [-0.15, -0.1) is 0 Å². The average molecular weight is 448 g/mol. The van der Waals surface area contributed by atoms with Crippen LogP contribution in [0.4, 0.5) is 0 Å². The Kier molecular flexibility index (Phi) is 6.77. The molecule has 1 aliphatic heterocycles. The van der Waals surface area contributed by atoms with Crippen molar-refractivity contribution in [2.45, 2.75) is 26.2 Å². The van der Waals surface area contributed by atoms with E-state index >= 15 is 0 Å². The van der Waals surface area contributed by atoms with Gasteiger partial charge in [0.15, 0.2) is 0 Å². The van der Waals surface area contributed by atoms with Crippen LogP contribution >= 0.6 is 0 Å². The highest BCUT2D eigenvalue weighted by Gasteiger charge is 2.27. The Morgan fingerprint density at radius 2 is 2.06 bits per heavy atom. The number of carbonyl (C=O) groups is 2. The molecule has 0 aliphatic carbocycles. The number of fused-ring (bicyclic) bond motifs is 1. The average Bonchev–Trinajstić information content (AvgIpc) is 3.38. The molecule has 1 aliphatic rings. The van der Waals surface area contributed by atoms with Gasteiger partial charge in [-0.25, -0.2) is 0 Å². The number of Topliss-reactive ketones (excluding diaryl/α,β-unsaturated/α-hetero) is 1. The summed E-state index contributed by atoms with van der Waals surface area (Å²) in [6.07, 6.45) is 5.28. The van der Waals surface area contributed by atoms with E-state index in [9.17, 15) is 9.59 Å². The van der Waals surface area contributed by atoms with Crippen LogP contribution in [0, 0.1) is 5.92 Å². The van der Waals surface area contributed by atoms with Crippen LogP contribution in [0.2, 0.25) is 0 Å². The summed E-state index contributed by atoms with van der Waals surface area (Å²) in [5.74, 6) is 1.22. The van der Waals surface area contributed by atoms with E-state index in [4.69, 9.17) is 9.47 Å². The normalized spacial score (nSPS) is 14.8. The van der Waals surface area contributed by atoms with Crippen molar-refractivity contribution in [3.05, 3.63) is 65.5 Å². The van der Waals surface area contributed by atoms with Gasteiger partial charge >= 0.3 is 0 Å². The zero-order valence-corrected chi connectivity index (χ0v) is 19.3. The Labute approximate surface area is 193 Å². The van der Waals surface area contributed by atoms with E-state index < -0.39 is 0 Å². The van der Waals surface area contributed by atoms with E-state index in [0.29, 0.717) is 30.9 Å². The fraction of sp³-hybridized carbons (Fsp3) is 0.346. The summed E-state index contributed by atoms with van der Waals surface area (Å²) in [6, 6.07) is 11.3. The molecular formula is C26H29N3O4. The minimum atomic E-state index is -0.269. The van der Waals surface area contributed by atoms with Gasteiger partial charge in [0.25, 0.3) is 5.91 Å². The Morgan fingerprint density at radius 1 is 1.21 bits per heavy atom. The fourth-order valence-electron chi connectivity index (χ4n) is 4.20. The summed E-state index contributed by atoms with van der Waals surface area (Å²) in [5.41, 5.74) is 4.29. The third-order valence-corrected chi connectivity index (χ3v) is 6.06. The van der Waals surface area contributed by atoms with Gasteiger partial charge in [-0.3, -0.25) is 14.7 Å². The minimum absolute atomic E-state index is 0.0180. The van der Waals surface area contributed by atoms with Crippen molar-refractivity contribution in [2.24, 2.45) is 5.92 Å². The maximum atomic E-state index is 13.1. The molecule has 172 valence electrons. The van der Waals surface area contributed by atoms with Crippen LogP contribution in [0.15, 0.2) is 48.8 Å². The number of ether oxygens (including phenoxy) is 2. The summed E-state index contributed by atoms with van der Waals surface area (Å²) in [5, 5.41) is 6.79. The highest BCUT2D eigenvalue weighted by molar-refractivity contribution is 5.94. The molecule has 1 aromatic heterocycles. The predicted octanol–water partition coefficient (Wildman–Crippen LogP) is 3.93. The second-order valence-electron chi connectivity index (χ2n) is 8.42. The molecule has 1 amide bonds. The second-order valence-corrected chi connectivity index (χ2v) is 8.42. The lowest BCUT2D eigenvalue weighted by Gasteiger charge is -2.25. The van der Waals surface area contributed by atoms with Gasteiger partial charge in [0.1, 0.15) is 17.3 Å². The molecule has 1 N–H and O–H groups in total. The zero-order valence-electron chi connectivity index (χ0n) is 19.3. The number of benzene rings is 2. The van der Waals surface area contributed by atoms with Crippen LogP contribution in [0.5, 0.6) is 11.5 Å². The number of ketones is 1. The van der Waals surface area contributed by atoms with Gasteiger partial charge in [0.2, 0.25) is 0 Å². The van der Waals surface area contributed by atoms with Crippen molar-refractivity contribution < 1.29 is 19.1 Å². The number of H-pyrrole nitrogens is 1. The number of rotatable bonds is 8.